The topological polar surface area (TPSA) is 35.5 Å². The molecule has 0 aromatic heterocycles. The number of aldehydes is 1. The minimum absolute atomic E-state index is 0.245. The number of ether oxygens (including phenoxy) is 2. The molecule has 22 heavy (non-hydrogen) atoms. The zero-order chi connectivity index (χ0) is 15.6. The van der Waals surface area contributed by atoms with Gasteiger partial charge in [0.2, 0.25) is 6.79 Å². The lowest BCUT2D eigenvalue weighted by Crippen LogP contribution is -2.26. The fraction of sp³-hybridized carbons (Fsp3) is 0.316. The van der Waals surface area contributed by atoms with Gasteiger partial charge in [-0.3, -0.25) is 0 Å². The van der Waals surface area contributed by atoms with E-state index in [-0.39, 0.29) is 6.79 Å². The highest BCUT2D eigenvalue weighted by molar-refractivity contribution is 5.69. The van der Waals surface area contributed by atoms with E-state index in [0.717, 1.165) is 29.6 Å². The third kappa shape index (κ3) is 2.71. The van der Waals surface area contributed by atoms with E-state index in [9.17, 15) is 4.79 Å². The van der Waals surface area contributed by atoms with Crippen LogP contribution in [0.3, 0.4) is 0 Å². The van der Waals surface area contributed by atoms with Crippen molar-refractivity contribution in [2.24, 2.45) is 0 Å². The largest absolute Gasteiger partial charge is 0.454 e. The maximum atomic E-state index is 11.8. The molecule has 2 aromatic carbocycles. The van der Waals surface area contributed by atoms with Crippen LogP contribution in [0.15, 0.2) is 42.5 Å². The monoisotopic (exact) mass is 296 g/mol. The number of rotatable bonds is 5. The third-order valence-corrected chi connectivity index (χ3v) is 4.29. The fourth-order valence-electron chi connectivity index (χ4n) is 2.78. The van der Waals surface area contributed by atoms with Gasteiger partial charge in [0.1, 0.15) is 6.29 Å². The summed E-state index contributed by atoms with van der Waals surface area (Å²) in [5, 5.41) is 0. The predicted octanol–water partition coefficient (Wildman–Crippen LogP) is 3.68. The Kier molecular flexibility index (Phi) is 3.88. The van der Waals surface area contributed by atoms with Crippen molar-refractivity contribution in [1.82, 2.24) is 0 Å². The molecular formula is C19H20O3. The minimum Gasteiger partial charge on any atom is -0.454 e. The SMILES string of the molecule is CCc1ccc(CC(C)(C=O)c2ccc3c(c2)OCO3)cc1. The number of fused-ring (bicyclic) bond motifs is 1. The van der Waals surface area contributed by atoms with Crippen molar-refractivity contribution in [2.75, 3.05) is 6.79 Å². The maximum Gasteiger partial charge on any atom is 0.231 e. The van der Waals surface area contributed by atoms with Gasteiger partial charge in [-0.2, -0.15) is 0 Å². The van der Waals surface area contributed by atoms with Crippen LogP contribution < -0.4 is 9.47 Å². The van der Waals surface area contributed by atoms with Gasteiger partial charge < -0.3 is 14.3 Å². The molecule has 3 rings (SSSR count). The van der Waals surface area contributed by atoms with Crippen LogP contribution in [-0.2, 0) is 23.1 Å². The highest BCUT2D eigenvalue weighted by atomic mass is 16.7. The Bertz CT molecular complexity index is 676. The molecule has 1 heterocycles. The van der Waals surface area contributed by atoms with Crippen molar-refractivity contribution in [2.45, 2.75) is 32.1 Å². The van der Waals surface area contributed by atoms with Gasteiger partial charge in [-0.25, -0.2) is 0 Å². The van der Waals surface area contributed by atoms with Crippen molar-refractivity contribution in [3.63, 3.8) is 0 Å². The normalized spacial score (nSPS) is 15.4. The van der Waals surface area contributed by atoms with Crippen molar-refractivity contribution < 1.29 is 14.3 Å². The van der Waals surface area contributed by atoms with E-state index in [0.29, 0.717) is 12.2 Å². The summed E-state index contributed by atoms with van der Waals surface area (Å²) in [4.78, 5) is 11.8. The number of hydrogen-bond donors (Lipinski definition) is 0. The van der Waals surface area contributed by atoms with Gasteiger partial charge in [0.05, 0.1) is 5.41 Å². The molecule has 0 bridgehead atoms. The van der Waals surface area contributed by atoms with E-state index < -0.39 is 5.41 Å². The summed E-state index contributed by atoms with van der Waals surface area (Å²) in [5.41, 5.74) is 2.84. The Hall–Kier alpha value is -2.29. The zero-order valence-electron chi connectivity index (χ0n) is 13.0. The molecule has 0 saturated carbocycles. The van der Waals surface area contributed by atoms with Crippen LogP contribution in [0.4, 0.5) is 0 Å². The second-order valence-electron chi connectivity index (χ2n) is 5.95. The summed E-state index contributed by atoms with van der Waals surface area (Å²) in [6, 6.07) is 14.2. The average Bonchev–Trinajstić information content (AvgIpc) is 3.03. The smallest absolute Gasteiger partial charge is 0.231 e. The highest BCUT2D eigenvalue weighted by Crippen LogP contribution is 2.37. The molecule has 0 spiro atoms. The molecule has 0 N–H and O–H groups in total. The van der Waals surface area contributed by atoms with Gasteiger partial charge in [0, 0.05) is 0 Å². The van der Waals surface area contributed by atoms with E-state index in [1.54, 1.807) is 0 Å². The molecule has 1 unspecified atom stereocenters. The molecule has 114 valence electrons. The van der Waals surface area contributed by atoms with Crippen molar-refractivity contribution >= 4 is 6.29 Å². The van der Waals surface area contributed by atoms with E-state index in [1.807, 2.05) is 25.1 Å². The van der Waals surface area contributed by atoms with Crippen LogP contribution >= 0.6 is 0 Å². The molecule has 0 fully saturated rings. The molecule has 0 saturated heterocycles. The first-order chi connectivity index (χ1) is 10.6. The van der Waals surface area contributed by atoms with Crippen LogP contribution in [-0.4, -0.2) is 13.1 Å². The first-order valence-electron chi connectivity index (χ1n) is 7.59. The highest BCUT2D eigenvalue weighted by Gasteiger charge is 2.28. The maximum absolute atomic E-state index is 11.8. The molecule has 3 nitrogen and oxygen atoms in total. The van der Waals surface area contributed by atoms with Crippen molar-refractivity contribution in [3.05, 3.63) is 59.2 Å². The van der Waals surface area contributed by atoms with Crippen molar-refractivity contribution in [3.8, 4) is 11.5 Å². The molecule has 3 heteroatoms. The molecule has 1 aliphatic rings. The standard InChI is InChI=1S/C19H20O3/c1-3-14-4-6-15(7-5-14)11-19(2,12-20)16-8-9-17-18(10-16)22-13-21-17/h4-10,12H,3,11,13H2,1-2H3. The van der Waals surface area contributed by atoms with Crippen LogP contribution in [0.2, 0.25) is 0 Å². The number of benzene rings is 2. The lowest BCUT2D eigenvalue weighted by molar-refractivity contribution is -0.112. The van der Waals surface area contributed by atoms with E-state index in [2.05, 4.69) is 31.2 Å². The van der Waals surface area contributed by atoms with E-state index in [4.69, 9.17) is 9.47 Å². The summed E-state index contributed by atoms with van der Waals surface area (Å²) in [7, 11) is 0. The Morgan fingerprint density at radius 1 is 1.05 bits per heavy atom. The van der Waals surface area contributed by atoms with Gasteiger partial charge in [0.15, 0.2) is 11.5 Å². The van der Waals surface area contributed by atoms with Gasteiger partial charge in [-0.1, -0.05) is 37.3 Å². The Morgan fingerprint density at radius 3 is 2.41 bits per heavy atom. The number of aryl methyl sites for hydroxylation is 1. The third-order valence-electron chi connectivity index (χ3n) is 4.29. The lowest BCUT2D eigenvalue weighted by Gasteiger charge is -2.24. The van der Waals surface area contributed by atoms with Crippen LogP contribution in [0.5, 0.6) is 11.5 Å². The summed E-state index contributed by atoms with van der Waals surface area (Å²) < 4.78 is 10.8. The summed E-state index contributed by atoms with van der Waals surface area (Å²) >= 11 is 0. The predicted molar refractivity (Wildman–Crippen MR) is 85.5 cm³/mol. The van der Waals surface area contributed by atoms with Gasteiger partial charge in [-0.15, -0.1) is 0 Å². The van der Waals surface area contributed by atoms with Crippen molar-refractivity contribution in [1.29, 1.82) is 0 Å². The second-order valence-corrected chi connectivity index (χ2v) is 5.95. The molecule has 0 aliphatic carbocycles. The fourth-order valence-corrected chi connectivity index (χ4v) is 2.78. The van der Waals surface area contributed by atoms with Gasteiger partial charge >= 0.3 is 0 Å². The number of carbonyl (C=O) groups excluding carboxylic acids is 1. The molecule has 2 aromatic rings. The molecule has 1 aliphatic heterocycles. The quantitative estimate of drug-likeness (QED) is 0.790. The van der Waals surface area contributed by atoms with Crippen LogP contribution in [0.1, 0.15) is 30.5 Å². The average molecular weight is 296 g/mol. The Morgan fingerprint density at radius 2 is 1.73 bits per heavy atom. The molecule has 0 amide bonds. The summed E-state index contributed by atoms with van der Waals surface area (Å²) in [6.45, 7) is 4.34. The van der Waals surface area contributed by atoms with Gasteiger partial charge in [0.25, 0.3) is 0 Å². The molecule has 0 radical (unpaired) electrons. The first-order valence-corrected chi connectivity index (χ1v) is 7.59. The number of carbonyl (C=O) groups is 1. The first kappa shape index (κ1) is 14.6. The Balaban J connectivity index is 1.88. The number of hydrogen-bond acceptors (Lipinski definition) is 3. The zero-order valence-corrected chi connectivity index (χ0v) is 13.0. The second kappa shape index (κ2) is 5.84. The molecular weight excluding hydrogens is 276 g/mol. The van der Waals surface area contributed by atoms with Gasteiger partial charge in [-0.05, 0) is 48.6 Å². The van der Waals surface area contributed by atoms with E-state index in [1.165, 1.54) is 5.56 Å². The Labute approximate surface area is 130 Å². The summed E-state index contributed by atoms with van der Waals surface area (Å²) in [6.07, 6.45) is 2.71. The van der Waals surface area contributed by atoms with Crippen LogP contribution in [0, 0.1) is 0 Å². The van der Waals surface area contributed by atoms with E-state index >= 15 is 0 Å². The lowest BCUT2D eigenvalue weighted by atomic mass is 9.78. The summed E-state index contributed by atoms with van der Waals surface area (Å²) in [5.74, 6) is 1.45. The van der Waals surface area contributed by atoms with Crippen LogP contribution in [0.25, 0.3) is 0 Å². The minimum atomic E-state index is -0.575. The molecule has 1 atom stereocenters.